The van der Waals surface area contributed by atoms with E-state index in [4.69, 9.17) is 14.2 Å². The monoisotopic (exact) mass is 418 g/mol. The molecule has 160 valence electrons. The lowest BCUT2D eigenvalue weighted by Crippen LogP contribution is -2.15. The molecule has 0 bridgehead atoms. The maximum absolute atomic E-state index is 11.8. The lowest BCUT2D eigenvalue weighted by atomic mass is 10.2. The van der Waals surface area contributed by atoms with Crippen molar-refractivity contribution < 1.29 is 19.0 Å². The predicted octanol–water partition coefficient (Wildman–Crippen LogP) is 5.72. The van der Waals surface area contributed by atoms with Crippen LogP contribution in [0, 0.1) is 6.92 Å². The summed E-state index contributed by atoms with van der Waals surface area (Å²) in [7, 11) is 0. The average molecular weight is 418 g/mol. The van der Waals surface area contributed by atoms with Crippen molar-refractivity contribution in [1.29, 1.82) is 0 Å². The summed E-state index contributed by atoms with van der Waals surface area (Å²) < 4.78 is 17.0. The molecule has 0 aliphatic carbocycles. The second-order valence-electron chi connectivity index (χ2n) is 6.88. The molecule has 0 unspecified atom stereocenters. The van der Waals surface area contributed by atoms with Crippen LogP contribution < -0.4 is 14.9 Å². The quantitative estimate of drug-likeness (QED) is 0.274. The summed E-state index contributed by atoms with van der Waals surface area (Å²) in [5, 5.41) is 4.12. The van der Waals surface area contributed by atoms with Gasteiger partial charge in [0.15, 0.2) is 0 Å². The molecule has 0 atom stereocenters. The minimum Gasteiger partial charge on any atom is -0.487 e. The summed E-state index contributed by atoms with van der Waals surface area (Å²) in [6.45, 7) is 6.04. The van der Waals surface area contributed by atoms with Crippen molar-refractivity contribution in [2.45, 2.75) is 27.4 Å². The molecule has 31 heavy (non-hydrogen) atoms. The summed E-state index contributed by atoms with van der Waals surface area (Å²) in [5.74, 6) is 1.44. The number of esters is 1. The summed E-state index contributed by atoms with van der Waals surface area (Å²) in [4.78, 5) is 11.8. The van der Waals surface area contributed by atoms with E-state index < -0.39 is 5.97 Å². The number of hydrazone groups is 1. The lowest BCUT2D eigenvalue weighted by molar-refractivity contribution is -0.135. The molecule has 3 aromatic rings. The first-order valence-corrected chi connectivity index (χ1v) is 10.1. The maximum atomic E-state index is 11.8. The Morgan fingerprint density at radius 1 is 0.968 bits per heavy atom. The van der Waals surface area contributed by atoms with E-state index in [1.54, 1.807) is 26.0 Å². The Balaban J connectivity index is 1.81. The number of hydrogen-bond acceptors (Lipinski definition) is 6. The Bertz CT molecular complexity index is 1030. The van der Waals surface area contributed by atoms with Crippen LogP contribution in [0.4, 0.5) is 5.69 Å². The third kappa shape index (κ3) is 6.60. The van der Waals surface area contributed by atoms with E-state index in [9.17, 15) is 4.79 Å². The van der Waals surface area contributed by atoms with Crippen LogP contribution in [0.25, 0.3) is 0 Å². The molecule has 6 nitrogen and oxygen atoms in total. The van der Waals surface area contributed by atoms with Gasteiger partial charge in [-0.15, -0.1) is 0 Å². The van der Waals surface area contributed by atoms with Gasteiger partial charge in [-0.2, -0.15) is 5.10 Å². The van der Waals surface area contributed by atoms with E-state index in [-0.39, 0.29) is 5.71 Å². The number of carbonyl (C=O) groups excluding carboxylic acids is 1. The molecule has 0 aromatic heterocycles. The van der Waals surface area contributed by atoms with Gasteiger partial charge in [-0.3, -0.25) is 5.43 Å². The Kier molecular flexibility index (Phi) is 7.65. The van der Waals surface area contributed by atoms with Crippen molar-refractivity contribution in [1.82, 2.24) is 0 Å². The van der Waals surface area contributed by atoms with Gasteiger partial charge in [0.05, 0.1) is 12.3 Å². The van der Waals surface area contributed by atoms with Gasteiger partial charge >= 0.3 is 5.97 Å². The fraction of sp³-hybridized carbons (Fsp3) is 0.200. The highest BCUT2D eigenvalue weighted by atomic mass is 16.5. The highest BCUT2D eigenvalue weighted by molar-refractivity contribution is 6.35. The second-order valence-corrected chi connectivity index (χ2v) is 6.88. The van der Waals surface area contributed by atoms with Crippen LogP contribution in [0.1, 0.15) is 25.0 Å². The van der Waals surface area contributed by atoms with E-state index in [0.717, 1.165) is 16.9 Å². The molecule has 0 radical (unpaired) electrons. The number of nitrogens with zero attached hydrogens (tertiary/aromatic N) is 1. The molecule has 0 saturated carbocycles. The molecule has 0 fully saturated rings. The van der Waals surface area contributed by atoms with E-state index in [1.165, 1.54) is 0 Å². The van der Waals surface area contributed by atoms with Crippen LogP contribution in [0.15, 0.2) is 77.9 Å². The Labute approximate surface area is 182 Å². The number of nitrogens with one attached hydrogen (secondary N) is 1. The minimum absolute atomic E-state index is 0.218. The molecule has 6 heteroatoms. The van der Waals surface area contributed by atoms with Crippen LogP contribution in [0.2, 0.25) is 0 Å². The first-order valence-electron chi connectivity index (χ1n) is 10.1. The minimum atomic E-state index is -0.471. The van der Waals surface area contributed by atoms with E-state index in [2.05, 4.69) is 10.5 Å². The zero-order chi connectivity index (χ0) is 22.1. The smallest absolute Gasteiger partial charge is 0.354 e. The number of benzene rings is 3. The van der Waals surface area contributed by atoms with Gasteiger partial charge in [-0.25, -0.2) is 4.79 Å². The van der Waals surface area contributed by atoms with E-state index in [0.29, 0.717) is 30.4 Å². The van der Waals surface area contributed by atoms with Crippen LogP contribution >= 0.6 is 0 Å². The average Bonchev–Trinajstić information content (AvgIpc) is 2.79. The number of ether oxygens (including phenoxy) is 3. The third-order valence-corrected chi connectivity index (χ3v) is 4.36. The number of hydrogen-bond donors (Lipinski definition) is 1. The van der Waals surface area contributed by atoms with Gasteiger partial charge in [0.25, 0.3) is 0 Å². The molecule has 1 N–H and O–H groups in total. The van der Waals surface area contributed by atoms with Crippen LogP contribution in [-0.4, -0.2) is 18.3 Å². The van der Waals surface area contributed by atoms with Crippen LogP contribution in [0.3, 0.4) is 0 Å². The van der Waals surface area contributed by atoms with Crippen molar-refractivity contribution in [3.05, 3.63) is 83.9 Å². The fourth-order valence-corrected chi connectivity index (χ4v) is 2.68. The maximum Gasteiger partial charge on any atom is 0.354 e. The van der Waals surface area contributed by atoms with Gasteiger partial charge in [0.2, 0.25) is 0 Å². The molecule has 0 amide bonds. The van der Waals surface area contributed by atoms with E-state index >= 15 is 0 Å². The van der Waals surface area contributed by atoms with Gasteiger partial charge in [0, 0.05) is 6.07 Å². The first-order chi connectivity index (χ1) is 15.0. The first kappa shape index (κ1) is 21.9. The van der Waals surface area contributed by atoms with Crippen molar-refractivity contribution in [2.24, 2.45) is 5.10 Å². The van der Waals surface area contributed by atoms with Crippen molar-refractivity contribution in [3.8, 4) is 17.2 Å². The summed E-state index contributed by atoms with van der Waals surface area (Å²) >= 11 is 0. The molecule has 0 spiro atoms. The van der Waals surface area contributed by atoms with Gasteiger partial charge < -0.3 is 14.2 Å². The SMILES string of the molecule is CCOC(=O)C(C)=NNc1ccc(Oc2ccc(C)cc2)cc1OCc1ccccc1. The predicted molar refractivity (Wildman–Crippen MR) is 122 cm³/mol. The molecular weight excluding hydrogens is 392 g/mol. The van der Waals surface area contributed by atoms with Gasteiger partial charge in [-0.1, -0.05) is 48.0 Å². The second kappa shape index (κ2) is 10.8. The summed E-state index contributed by atoms with van der Waals surface area (Å²) in [5.41, 5.74) is 5.91. The van der Waals surface area contributed by atoms with Crippen LogP contribution in [-0.2, 0) is 16.1 Å². The van der Waals surface area contributed by atoms with Crippen molar-refractivity contribution in [2.75, 3.05) is 12.0 Å². The Hall–Kier alpha value is -3.80. The highest BCUT2D eigenvalue weighted by Crippen LogP contribution is 2.32. The molecule has 3 rings (SSSR count). The largest absolute Gasteiger partial charge is 0.487 e. The van der Waals surface area contributed by atoms with Crippen molar-refractivity contribution >= 4 is 17.4 Å². The normalized spacial score (nSPS) is 11.0. The zero-order valence-corrected chi connectivity index (χ0v) is 17.9. The zero-order valence-electron chi connectivity index (χ0n) is 17.9. The number of anilines is 1. The van der Waals surface area contributed by atoms with Gasteiger partial charge in [-0.05, 0) is 50.6 Å². The molecule has 3 aromatic carbocycles. The molecule has 0 heterocycles. The van der Waals surface area contributed by atoms with Crippen molar-refractivity contribution in [3.63, 3.8) is 0 Å². The number of carbonyl (C=O) groups is 1. The molecule has 0 aliphatic heterocycles. The summed E-state index contributed by atoms with van der Waals surface area (Å²) in [6.07, 6.45) is 0. The van der Waals surface area contributed by atoms with E-state index in [1.807, 2.05) is 67.6 Å². The third-order valence-electron chi connectivity index (χ3n) is 4.36. The number of rotatable bonds is 9. The molecule has 0 aliphatic rings. The topological polar surface area (TPSA) is 69.2 Å². The number of aryl methyl sites for hydroxylation is 1. The van der Waals surface area contributed by atoms with Crippen LogP contribution in [0.5, 0.6) is 17.2 Å². The Morgan fingerprint density at radius 3 is 2.39 bits per heavy atom. The molecule has 0 saturated heterocycles. The Morgan fingerprint density at radius 2 is 1.68 bits per heavy atom. The standard InChI is InChI=1S/C25H26N2O4/c1-4-29-25(28)19(3)26-27-23-15-14-22(31-21-12-10-18(2)11-13-21)16-24(23)30-17-20-8-6-5-7-9-20/h5-16,27H,4,17H2,1-3H3. The highest BCUT2D eigenvalue weighted by Gasteiger charge is 2.10. The lowest BCUT2D eigenvalue weighted by Gasteiger charge is -2.14. The fourth-order valence-electron chi connectivity index (χ4n) is 2.68. The molecular formula is C25H26N2O4. The summed E-state index contributed by atoms with van der Waals surface area (Å²) in [6, 6.07) is 23.1. The van der Waals surface area contributed by atoms with Gasteiger partial charge in [0.1, 0.15) is 29.6 Å².